The molecule has 2 heterocycles. The molecular formula is C14H22N4O2. The molecule has 0 saturated carbocycles. The molecule has 1 aliphatic rings. The van der Waals surface area contributed by atoms with Crippen LogP contribution in [0.2, 0.25) is 0 Å². The van der Waals surface area contributed by atoms with Gasteiger partial charge < -0.3 is 20.7 Å². The van der Waals surface area contributed by atoms with E-state index in [-0.39, 0.29) is 18.1 Å². The second kappa shape index (κ2) is 5.98. The number of ether oxygens (including phenoxy) is 1. The number of amides is 1. The summed E-state index contributed by atoms with van der Waals surface area (Å²) in [5.41, 5.74) is 6.41. The van der Waals surface area contributed by atoms with E-state index in [4.69, 9.17) is 10.5 Å². The van der Waals surface area contributed by atoms with Crippen LogP contribution in [-0.4, -0.2) is 36.1 Å². The molecule has 1 aliphatic heterocycles. The lowest BCUT2D eigenvalue weighted by molar-refractivity contribution is -0.119. The zero-order chi connectivity index (χ0) is 14.7. The van der Waals surface area contributed by atoms with Crippen molar-refractivity contribution in [1.29, 1.82) is 0 Å². The molecule has 1 aromatic heterocycles. The van der Waals surface area contributed by atoms with Gasteiger partial charge in [-0.05, 0) is 32.4 Å². The molecule has 6 nitrogen and oxygen atoms in total. The molecule has 1 amide bonds. The molecule has 0 spiro atoms. The van der Waals surface area contributed by atoms with Crippen LogP contribution in [0, 0.1) is 0 Å². The molecule has 1 unspecified atom stereocenters. The van der Waals surface area contributed by atoms with Crippen molar-refractivity contribution in [2.45, 2.75) is 39.3 Å². The van der Waals surface area contributed by atoms with E-state index in [1.807, 2.05) is 26.0 Å². The summed E-state index contributed by atoms with van der Waals surface area (Å²) < 4.78 is 5.60. The number of carbonyl (C=O) groups is 1. The number of hydrogen-bond acceptors (Lipinski definition) is 5. The van der Waals surface area contributed by atoms with Crippen molar-refractivity contribution in [3.8, 4) is 5.88 Å². The fourth-order valence-electron chi connectivity index (χ4n) is 2.31. The minimum atomic E-state index is 0.00551. The van der Waals surface area contributed by atoms with Crippen molar-refractivity contribution in [3.05, 3.63) is 12.1 Å². The zero-order valence-corrected chi connectivity index (χ0v) is 12.2. The van der Waals surface area contributed by atoms with Crippen LogP contribution < -0.4 is 20.7 Å². The monoisotopic (exact) mass is 278 g/mol. The first kappa shape index (κ1) is 14.4. The average molecular weight is 278 g/mol. The molecule has 0 aromatic carbocycles. The van der Waals surface area contributed by atoms with Crippen LogP contribution >= 0.6 is 0 Å². The van der Waals surface area contributed by atoms with Gasteiger partial charge in [-0.15, -0.1) is 0 Å². The smallest absolute Gasteiger partial charge is 0.239 e. The van der Waals surface area contributed by atoms with E-state index < -0.39 is 0 Å². The SMILES string of the molecule is CC(=O)NC1CCN(c2ccc(N)c(OC(C)C)n2)C1. The van der Waals surface area contributed by atoms with Gasteiger partial charge in [0, 0.05) is 26.1 Å². The Bertz CT molecular complexity index is 490. The lowest BCUT2D eigenvalue weighted by atomic mass is 10.2. The summed E-state index contributed by atoms with van der Waals surface area (Å²) in [4.78, 5) is 17.7. The minimum absolute atomic E-state index is 0.00551. The van der Waals surface area contributed by atoms with Crippen molar-refractivity contribution >= 4 is 17.4 Å². The second-order valence-electron chi connectivity index (χ2n) is 5.36. The van der Waals surface area contributed by atoms with Crippen LogP contribution in [-0.2, 0) is 4.79 Å². The van der Waals surface area contributed by atoms with Crippen LogP contribution in [0.15, 0.2) is 12.1 Å². The summed E-state index contributed by atoms with van der Waals surface area (Å²) >= 11 is 0. The zero-order valence-electron chi connectivity index (χ0n) is 12.2. The molecule has 1 aromatic rings. The molecule has 1 atom stereocenters. The number of hydrogen-bond donors (Lipinski definition) is 2. The fraction of sp³-hybridized carbons (Fsp3) is 0.571. The van der Waals surface area contributed by atoms with E-state index >= 15 is 0 Å². The summed E-state index contributed by atoms with van der Waals surface area (Å²) in [5, 5.41) is 2.94. The largest absolute Gasteiger partial charge is 0.473 e. The average Bonchev–Trinajstić information content (AvgIpc) is 2.79. The van der Waals surface area contributed by atoms with Crippen LogP contribution in [0.1, 0.15) is 27.2 Å². The Balaban J connectivity index is 2.08. The maximum absolute atomic E-state index is 11.1. The molecule has 1 fully saturated rings. The van der Waals surface area contributed by atoms with Crippen LogP contribution in [0.3, 0.4) is 0 Å². The highest BCUT2D eigenvalue weighted by atomic mass is 16.5. The van der Waals surface area contributed by atoms with E-state index in [1.165, 1.54) is 0 Å². The van der Waals surface area contributed by atoms with Crippen molar-refractivity contribution < 1.29 is 9.53 Å². The summed E-state index contributed by atoms with van der Waals surface area (Å²) in [6.07, 6.45) is 0.956. The van der Waals surface area contributed by atoms with Crippen molar-refractivity contribution in [2.24, 2.45) is 0 Å². The van der Waals surface area contributed by atoms with Gasteiger partial charge in [0.2, 0.25) is 11.8 Å². The number of rotatable bonds is 4. The van der Waals surface area contributed by atoms with Crippen LogP contribution in [0.25, 0.3) is 0 Å². The number of aromatic nitrogens is 1. The Morgan fingerprint density at radius 3 is 2.95 bits per heavy atom. The third kappa shape index (κ3) is 3.53. The number of carbonyl (C=O) groups excluding carboxylic acids is 1. The van der Waals surface area contributed by atoms with E-state index in [0.29, 0.717) is 11.6 Å². The normalized spacial score (nSPS) is 18.4. The van der Waals surface area contributed by atoms with Gasteiger partial charge in [0.1, 0.15) is 5.82 Å². The van der Waals surface area contributed by atoms with E-state index in [2.05, 4.69) is 15.2 Å². The number of nitrogen functional groups attached to an aromatic ring is 1. The molecule has 0 aliphatic carbocycles. The number of anilines is 2. The number of nitrogens with one attached hydrogen (secondary N) is 1. The van der Waals surface area contributed by atoms with Gasteiger partial charge in [-0.3, -0.25) is 4.79 Å². The lowest BCUT2D eigenvalue weighted by Gasteiger charge is -2.19. The molecule has 110 valence electrons. The second-order valence-corrected chi connectivity index (χ2v) is 5.36. The van der Waals surface area contributed by atoms with Crippen LogP contribution in [0.5, 0.6) is 5.88 Å². The van der Waals surface area contributed by atoms with Gasteiger partial charge in [-0.25, -0.2) is 0 Å². The van der Waals surface area contributed by atoms with Gasteiger partial charge in [0.25, 0.3) is 0 Å². The Hall–Kier alpha value is -1.98. The highest BCUT2D eigenvalue weighted by Crippen LogP contribution is 2.26. The van der Waals surface area contributed by atoms with Crippen molar-refractivity contribution in [1.82, 2.24) is 10.3 Å². The third-order valence-corrected chi connectivity index (χ3v) is 3.14. The highest BCUT2D eigenvalue weighted by Gasteiger charge is 2.24. The third-order valence-electron chi connectivity index (χ3n) is 3.14. The predicted molar refractivity (Wildman–Crippen MR) is 78.8 cm³/mol. The standard InChI is InChI=1S/C14H22N4O2/c1-9(2)20-14-12(15)4-5-13(17-14)18-7-6-11(8-18)16-10(3)19/h4-5,9,11H,6-8,15H2,1-3H3,(H,16,19). The lowest BCUT2D eigenvalue weighted by Crippen LogP contribution is -2.35. The molecule has 1 saturated heterocycles. The van der Waals surface area contributed by atoms with Gasteiger partial charge in [-0.2, -0.15) is 4.98 Å². The maximum Gasteiger partial charge on any atom is 0.239 e. The predicted octanol–water partition coefficient (Wildman–Crippen LogP) is 1.17. The maximum atomic E-state index is 11.1. The molecule has 0 radical (unpaired) electrons. The summed E-state index contributed by atoms with van der Waals surface area (Å²) in [6.45, 7) is 7.05. The molecule has 20 heavy (non-hydrogen) atoms. The van der Waals surface area contributed by atoms with Crippen LogP contribution in [0.4, 0.5) is 11.5 Å². The van der Waals surface area contributed by atoms with Gasteiger partial charge >= 0.3 is 0 Å². The Kier molecular flexibility index (Phi) is 4.32. The molecule has 0 bridgehead atoms. The Morgan fingerprint density at radius 1 is 1.55 bits per heavy atom. The Morgan fingerprint density at radius 2 is 2.30 bits per heavy atom. The van der Waals surface area contributed by atoms with E-state index in [0.717, 1.165) is 25.3 Å². The van der Waals surface area contributed by atoms with E-state index in [9.17, 15) is 4.79 Å². The first-order valence-corrected chi connectivity index (χ1v) is 6.91. The highest BCUT2D eigenvalue weighted by molar-refractivity contribution is 5.73. The number of nitrogens with zero attached hydrogens (tertiary/aromatic N) is 2. The van der Waals surface area contributed by atoms with Crippen molar-refractivity contribution in [3.63, 3.8) is 0 Å². The summed E-state index contributed by atoms with van der Waals surface area (Å²) in [5.74, 6) is 1.31. The van der Waals surface area contributed by atoms with E-state index in [1.54, 1.807) is 6.92 Å². The first-order valence-electron chi connectivity index (χ1n) is 6.91. The number of pyridine rings is 1. The first-order chi connectivity index (χ1) is 9.45. The molecule has 6 heteroatoms. The molecular weight excluding hydrogens is 256 g/mol. The van der Waals surface area contributed by atoms with Gasteiger partial charge in [0.05, 0.1) is 11.8 Å². The molecule has 2 rings (SSSR count). The fourth-order valence-corrected chi connectivity index (χ4v) is 2.31. The molecule has 3 N–H and O–H groups in total. The minimum Gasteiger partial charge on any atom is -0.473 e. The van der Waals surface area contributed by atoms with Crippen molar-refractivity contribution in [2.75, 3.05) is 23.7 Å². The number of nitrogens with two attached hydrogens (primary N) is 1. The Labute approximate surface area is 119 Å². The summed E-state index contributed by atoms with van der Waals surface area (Å²) in [6, 6.07) is 3.88. The summed E-state index contributed by atoms with van der Waals surface area (Å²) in [7, 11) is 0. The van der Waals surface area contributed by atoms with Gasteiger partial charge in [-0.1, -0.05) is 0 Å². The quantitative estimate of drug-likeness (QED) is 0.864. The van der Waals surface area contributed by atoms with Gasteiger partial charge in [0.15, 0.2) is 0 Å². The topological polar surface area (TPSA) is 80.5 Å².